The molecule has 0 heterocycles. The van der Waals surface area contributed by atoms with E-state index in [4.69, 9.17) is 28.5 Å². The van der Waals surface area contributed by atoms with Crippen LogP contribution in [0.3, 0.4) is 0 Å². The number of benzene rings is 2. The third kappa shape index (κ3) is 3.79. The zero-order valence-corrected chi connectivity index (χ0v) is 13.9. The number of nitrogens with zero attached hydrogens (tertiary/aromatic N) is 1. The van der Waals surface area contributed by atoms with E-state index in [1.807, 2.05) is 6.07 Å². The Balaban J connectivity index is 2.30. The summed E-state index contributed by atoms with van der Waals surface area (Å²) in [6.45, 7) is 1.68. The SMILES string of the molecule is CC(NS(=O)(=O)c1cccc(C#N)c1)c1ccc(Cl)cc1Cl. The minimum atomic E-state index is -3.76. The monoisotopic (exact) mass is 354 g/mol. The van der Waals surface area contributed by atoms with Crippen LogP contribution in [-0.2, 0) is 10.0 Å². The number of hydrogen-bond acceptors (Lipinski definition) is 3. The summed E-state index contributed by atoms with van der Waals surface area (Å²) in [5.74, 6) is 0. The molecule has 114 valence electrons. The molecule has 0 aliphatic heterocycles. The first-order valence-electron chi connectivity index (χ1n) is 6.31. The number of nitriles is 1. The van der Waals surface area contributed by atoms with Crippen LogP contribution in [-0.4, -0.2) is 8.42 Å². The van der Waals surface area contributed by atoms with E-state index >= 15 is 0 Å². The molecule has 4 nitrogen and oxygen atoms in total. The van der Waals surface area contributed by atoms with E-state index in [1.165, 1.54) is 18.2 Å². The first-order chi connectivity index (χ1) is 10.3. The van der Waals surface area contributed by atoms with Crippen LogP contribution in [0.4, 0.5) is 0 Å². The van der Waals surface area contributed by atoms with Gasteiger partial charge in [0.15, 0.2) is 0 Å². The third-order valence-corrected chi connectivity index (χ3v) is 5.14. The Labute approximate surface area is 139 Å². The van der Waals surface area contributed by atoms with Crippen molar-refractivity contribution in [1.29, 1.82) is 5.26 Å². The van der Waals surface area contributed by atoms with E-state index in [0.29, 0.717) is 15.6 Å². The molecule has 0 bridgehead atoms. The molecule has 1 unspecified atom stereocenters. The Morgan fingerprint density at radius 1 is 1.18 bits per heavy atom. The van der Waals surface area contributed by atoms with Crippen molar-refractivity contribution in [3.8, 4) is 6.07 Å². The number of rotatable bonds is 4. The Morgan fingerprint density at radius 2 is 1.91 bits per heavy atom. The fourth-order valence-corrected chi connectivity index (χ4v) is 3.79. The highest BCUT2D eigenvalue weighted by molar-refractivity contribution is 7.89. The van der Waals surface area contributed by atoms with Crippen molar-refractivity contribution >= 4 is 33.2 Å². The number of halogens is 2. The molecule has 2 aromatic carbocycles. The topological polar surface area (TPSA) is 70.0 Å². The molecule has 0 fully saturated rings. The number of hydrogen-bond donors (Lipinski definition) is 1. The molecule has 0 spiro atoms. The van der Waals surface area contributed by atoms with Crippen LogP contribution in [0.25, 0.3) is 0 Å². The molecule has 22 heavy (non-hydrogen) atoms. The van der Waals surface area contributed by atoms with Crippen molar-refractivity contribution < 1.29 is 8.42 Å². The second-order valence-electron chi connectivity index (χ2n) is 4.65. The minimum Gasteiger partial charge on any atom is -0.207 e. The van der Waals surface area contributed by atoms with Crippen LogP contribution >= 0.6 is 23.2 Å². The van der Waals surface area contributed by atoms with Crippen molar-refractivity contribution in [2.75, 3.05) is 0 Å². The van der Waals surface area contributed by atoms with Gasteiger partial charge >= 0.3 is 0 Å². The van der Waals surface area contributed by atoms with Crippen molar-refractivity contribution in [2.45, 2.75) is 17.9 Å². The highest BCUT2D eigenvalue weighted by Crippen LogP contribution is 2.27. The normalized spacial score (nSPS) is 12.6. The molecule has 0 aromatic heterocycles. The molecule has 1 atom stereocenters. The van der Waals surface area contributed by atoms with Crippen molar-refractivity contribution in [2.24, 2.45) is 0 Å². The summed E-state index contributed by atoms with van der Waals surface area (Å²) in [5.41, 5.74) is 0.895. The van der Waals surface area contributed by atoms with Crippen LogP contribution in [0, 0.1) is 11.3 Å². The molecule has 0 aliphatic carbocycles. The second kappa shape index (κ2) is 6.67. The Morgan fingerprint density at radius 3 is 2.55 bits per heavy atom. The van der Waals surface area contributed by atoms with Gasteiger partial charge in [0, 0.05) is 16.1 Å². The van der Waals surface area contributed by atoms with Gasteiger partial charge in [-0.15, -0.1) is 0 Å². The van der Waals surface area contributed by atoms with Crippen LogP contribution < -0.4 is 4.72 Å². The van der Waals surface area contributed by atoms with Gasteiger partial charge < -0.3 is 0 Å². The quantitative estimate of drug-likeness (QED) is 0.904. The molecule has 7 heteroatoms. The molecule has 0 saturated carbocycles. The Hall–Kier alpha value is -1.58. The van der Waals surface area contributed by atoms with Crippen LogP contribution in [0.2, 0.25) is 10.0 Å². The fraction of sp³-hybridized carbons (Fsp3) is 0.133. The maximum absolute atomic E-state index is 12.4. The summed E-state index contributed by atoms with van der Waals surface area (Å²) in [4.78, 5) is 0.0310. The van der Waals surface area contributed by atoms with E-state index in [1.54, 1.807) is 31.2 Å². The van der Waals surface area contributed by atoms with Gasteiger partial charge in [0.25, 0.3) is 0 Å². The predicted molar refractivity (Wildman–Crippen MR) is 86.4 cm³/mol. The summed E-state index contributed by atoms with van der Waals surface area (Å²) in [6, 6.07) is 12.0. The van der Waals surface area contributed by atoms with E-state index < -0.39 is 16.1 Å². The lowest BCUT2D eigenvalue weighted by Crippen LogP contribution is -2.27. The van der Waals surface area contributed by atoms with Crippen LogP contribution in [0.5, 0.6) is 0 Å². The molecule has 2 aromatic rings. The summed E-state index contributed by atoms with van der Waals surface area (Å²) in [6.07, 6.45) is 0. The zero-order valence-electron chi connectivity index (χ0n) is 11.5. The van der Waals surface area contributed by atoms with Crippen molar-refractivity contribution in [1.82, 2.24) is 4.72 Å². The molecule has 0 amide bonds. The van der Waals surface area contributed by atoms with Gasteiger partial charge in [0.2, 0.25) is 10.0 Å². The minimum absolute atomic E-state index is 0.0310. The predicted octanol–water partition coefficient (Wildman–Crippen LogP) is 3.90. The van der Waals surface area contributed by atoms with E-state index in [9.17, 15) is 8.42 Å². The highest BCUT2D eigenvalue weighted by Gasteiger charge is 2.20. The lowest BCUT2D eigenvalue weighted by molar-refractivity contribution is 0.567. The van der Waals surface area contributed by atoms with Crippen molar-refractivity contribution in [3.63, 3.8) is 0 Å². The van der Waals surface area contributed by atoms with Gasteiger partial charge in [-0.05, 0) is 42.8 Å². The summed E-state index contributed by atoms with van der Waals surface area (Å²) < 4.78 is 27.3. The number of sulfonamides is 1. The standard InChI is InChI=1S/C15H12Cl2N2O2S/c1-10(14-6-5-12(16)8-15(14)17)19-22(20,21)13-4-2-3-11(7-13)9-18/h2-8,10,19H,1H3. The van der Waals surface area contributed by atoms with Crippen molar-refractivity contribution in [3.05, 3.63) is 63.6 Å². The molecule has 0 radical (unpaired) electrons. The van der Waals surface area contributed by atoms with E-state index in [-0.39, 0.29) is 10.5 Å². The van der Waals surface area contributed by atoms with Crippen LogP contribution in [0.1, 0.15) is 24.1 Å². The molecule has 0 saturated heterocycles. The van der Waals surface area contributed by atoms with Gasteiger partial charge in [-0.1, -0.05) is 35.3 Å². The van der Waals surface area contributed by atoms with Gasteiger partial charge in [-0.25, -0.2) is 13.1 Å². The smallest absolute Gasteiger partial charge is 0.207 e. The second-order valence-corrected chi connectivity index (χ2v) is 7.21. The van der Waals surface area contributed by atoms with Gasteiger partial charge in [0.1, 0.15) is 0 Å². The zero-order chi connectivity index (χ0) is 16.3. The molecule has 2 rings (SSSR count). The summed E-state index contributed by atoms with van der Waals surface area (Å²) >= 11 is 11.9. The summed E-state index contributed by atoms with van der Waals surface area (Å²) in [7, 11) is -3.76. The average molecular weight is 355 g/mol. The highest BCUT2D eigenvalue weighted by atomic mass is 35.5. The van der Waals surface area contributed by atoms with Gasteiger partial charge in [0.05, 0.1) is 16.5 Å². The lowest BCUT2D eigenvalue weighted by atomic mass is 10.1. The van der Waals surface area contributed by atoms with Gasteiger partial charge in [-0.2, -0.15) is 5.26 Å². The largest absolute Gasteiger partial charge is 0.241 e. The molecular weight excluding hydrogens is 343 g/mol. The van der Waals surface area contributed by atoms with Gasteiger partial charge in [-0.3, -0.25) is 0 Å². The van der Waals surface area contributed by atoms with Crippen LogP contribution in [0.15, 0.2) is 47.4 Å². The fourth-order valence-electron chi connectivity index (χ4n) is 1.95. The Kier molecular flexibility index (Phi) is 5.09. The molecule has 0 aliphatic rings. The summed E-state index contributed by atoms with van der Waals surface area (Å²) in [5, 5.41) is 9.72. The maximum atomic E-state index is 12.4. The van der Waals surface area contributed by atoms with E-state index in [2.05, 4.69) is 4.72 Å². The first-order valence-corrected chi connectivity index (χ1v) is 8.55. The Bertz CT molecular complexity index is 845. The third-order valence-electron chi connectivity index (χ3n) is 3.03. The average Bonchev–Trinajstić information content (AvgIpc) is 2.46. The maximum Gasteiger partial charge on any atom is 0.241 e. The first kappa shape index (κ1) is 16.8. The molecular formula is C15H12Cl2N2O2S. The van der Waals surface area contributed by atoms with E-state index in [0.717, 1.165) is 0 Å². The lowest BCUT2D eigenvalue weighted by Gasteiger charge is -2.16. The number of nitrogens with one attached hydrogen (secondary N) is 1. The molecule has 1 N–H and O–H groups in total.